The van der Waals surface area contributed by atoms with Gasteiger partial charge in [0.25, 0.3) is 5.91 Å². The molecule has 0 saturated carbocycles. The minimum atomic E-state index is -4.54. The van der Waals surface area contributed by atoms with Crippen LogP contribution in [0.2, 0.25) is 5.02 Å². The zero-order valence-corrected chi connectivity index (χ0v) is 19.7. The molecule has 0 fully saturated rings. The molecule has 0 bridgehead atoms. The summed E-state index contributed by atoms with van der Waals surface area (Å²) in [5.41, 5.74) is 1.96. The van der Waals surface area contributed by atoms with Gasteiger partial charge in [-0.15, -0.1) is 0 Å². The van der Waals surface area contributed by atoms with Gasteiger partial charge in [-0.25, -0.2) is 9.97 Å². The van der Waals surface area contributed by atoms with Crippen molar-refractivity contribution in [1.29, 1.82) is 0 Å². The highest BCUT2D eigenvalue weighted by atomic mass is 35.5. The predicted molar refractivity (Wildman–Crippen MR) is 130 cm³/mol. The van der Waals surface area contributed by atoms with E-state index < -0.39 is 30.3 Å². The number of amides is 1. The minimum absolute atomic E-state index is 0.134. The van der Waals surface area contributed by atoms with Gasteiger partial charge >= 0.3 is 6.18 Å². The summed E-state index contributed by atoms with van der Waals surface area (Å²) in [6.07, 6.45) is -1.32. The molecule has 2 aromatic carbocycles. The molecule has 0 aliphatic heterocycles. The molecule has 4 N–H and O–H groups in total. The van der Waals surface area contributed by atoms with Gasteiger partial charge in [-0.2, -0.15) is 13.2 Å². The van der Waals surface area contributed by atoms with E-state index >= 15 is 0 Å². The summed E-state index contributed by atoms with van der Waals surface area (Å²) >= 11 is 6.19. The molecule has 1 amide bonds. The lowest BCUT2D eigenvalue weighted by molar-refractivity contribution is -0.137. The molecule has 7 nitrogen and oxygen atoms in total. The van der Waals surface area contributed by atoms with Crippen LogP contribution in [0.3, 0.4) is 0 Å². The van der Waals surface area contributed by atoms with Gasteiger partial charge in [-0.05, 0) is 48.4 Å². The van der Waals surface area contributed by atoms with Crippen LogP contribution in [0.5, 0.6) is 0 Å². The van der Waals surface area contributed by atoms with Crippen molar-refractivity contribution >= 4 is 29.1 Å². The number of rotatable bonds is 7. The van der Waals surface area contributed by atoms with Crippen LogP contribution in [0.1, 0.15) is 33.2 Å². The Balaban J connectivity index is 1.53. The minimum Gasteiger partial charge on any atom is -0.394 e. The van der Waals surface area contributed by atoms with E-state index in [4.69, 9.17) is 11.6 Å². The fourth-order valence-corrected chi connectivity index (χ4v) is 3.72. The van der Waals surface area contributed by atoms with E-state index in [-0.39, 0.29) is 11.3 Å². The Labute approximate surface area is 209 Å². The van der Waals surface area contributed by atoms with Crippen LogP contribution >= 0.6 is 11.6 Å². The van der Waals surface area contributed by atoms with E-state index in [0.29, 0.717) is 27.9 Å². The Bertz CT molecular complexity index is 1390. The maximum Gasteiger partial charge on any atom is 0.416 e. The highest BCUT2D eigenvalue weighted by Gasteiger charge is 2.31. The molecule has 2 heterocycles. The van der Waals surface area contributed by atoms with Crippen LogP contribution in [0, 0.1) is 6.92 Å². The van der Waals surface area contributed by atoms with Crippen LogP contribution in [-0.4, -0.2) is 32.6 Å². The molecule has 2 aromatic heterocycles. The average molecular weight is 516 g/mol. The first-order valence-electron chi connectivity index (χ1n) is 10.8. The maximum absolute atomic E-state index is 13.1. The molecule has 1 unspecified atom stereocenters. The van der Waals surface area contributed by atoms with Crippen molar-refractivity contribution in [3.05, 3.63) is 94.4 Å². The number of nitrogens with one attached hydrogen (secondary N) is 3. The summed E-state index contributed by atoms with van der Waals surface area (Å²) in [6.45, 7) is 1.24. The van der Waals surface area contributed by atoms with E-state index in [2.05, 4.69) is 25.6 Å². The average Bonchev–Trinajstić information content (AvgIpc) is 3.35. The number of para-hydroxylation sites is 1. The summed E-state index contributed by atoms with van der Waals surface area (Å²) in [5, 5.41) is 15.8. The van der Waals surface area contributed by atoms with Gasteiger partial charge < -0.3 is 20.7 Å². The van der Waals surface area contributed by atoms with Gasteiger partial charge in [0, 0.05) is 18.0 Å². The quantitative estimate of drug-likeness (QED) is 0.254. The zero-order chi connectivity index (χ0) is 25.9. The molecule has 0 aliphatic carbocycles. The molecule has 0 aliphatic rings. The van der Waals surface area contributed by atoms with Gasteiger partial charge in [0.2, 0.25) is 5.95 Å². The molecule has 4 aromatic rings. The summed E-state index contributed by atoms with van der Waals surface area (Å²) in [7, 11) is 0. The molecule has 0 spiro atoms. The first-order valence-corrected chi connectivity index (χ1v) is 11.2. The monoisotopic (exact) mass is 515 g/mol. The van der Waals surface area contributed by atoms with Crippen molar-refractivity contribution in [1.82, 2.24) is 20.3 Å². The molecule has 4 rings (SSSR count). The van der Waals surface area contributed by atoms with Crippen molar-refractivity contribution in [2.45, 2.75) is 19.1 Å². The number of aliphatic hydroxyl groups excluding tert-OH is 1. The second kappa shape index (κ2) is 10.4. The SMILES string of the molecule is Cc1cnc(Nc2ccccc2Cl)nc1-c1c[nH]c(C(=O)NC(CO)c2cccc(C(F)(F)F)c2)c1. The van der Waals surface area contributed by atoms with Gasteiger partial charge in [0.05, 0.1) is 34.6 Å². The first kappa shape index (κ1) is 25.2. The lowest BCUT2D eigenvalue weighted by atomic mass is 10.0. The van der Waals surface area contributed by atoms with Gasteiger partial charge in [0.15, 0.2) is 0 Å². The van der Waals surface area contributed by atoms with Crippen LogP contribution in [-0.2, 0) is 6.18 Å². The standard InChI is InChI=1S/C25H21ClF3N5O2/c1-14-11-31-24(33-19-8-3-2-7-18(19)26)34-22(14)16-10-20(30-12-16)23(36)32-21(13-35)15-5-4-6-17(9-15)25(27,28)29/h2-12,21,30,35H,13H2,1H3,(H,32,36)(H,31,33,34). The van der Waals surface area contributed by atoms with Crippen molar-refractivity contribution < 1.29 is 23.1 Å². The highest BCUT2D eigenvalue weighted by molar-refractivity contribution is 6.33. The molecule has 0 radical (unpaired) electrons. The lowest BCUT2D eigenvalue weighted by Gasteiger charge is -2.18. The van der Waals surface area contributed by atoms with E-state index in [9.17, 15) is 23.1 Å². The summed E-state index contributed by atoms with van der Waals surface area (Å²) in [5.74, 6) is -0.292. The predicted octanol–water partition coefficient (Wildman–Crippen LogP) is 5.66. The van der Waals surface area contributed by atoms with E-state index in [1.165, 1.54) is 12.1 Å². The third-order valence-corrected chi connectivity index (χ3v) is 5.73. The number of aromatic amines is 1. The molecule has 36 heavy (non-hydrogen) atoms. The number of aliphatic hydroxyl groups is 1. The number of H-pyrrole nitrogens is 1. The lowest BCUT2D eigenvalue weighted by Crippen LogP contribution is -2.31. The summed E-state index contributed by atoms with van der Waals surface area (Å²) < 4.78 is 39.2. The molecular weight excluding hydrogens is 495 g/mol. The number of aromatic nitrogens is 3. The third-order valence-electron chi connectivity index (χ3n) is 5.40. The largest absolute Gasteiger partial charge is 0.416 e. The first-order chi connectivity index (χ1) is 17.2. The molecule has 1 atom stereocenters. The number of benzene rings is 2. The van der Waals surface area contributed by atoms with E-state index in [0.717, 1.165) is 17.7 Å². The Morgan fingerprint density at radius 3 is 2.67 bits per heavy atom. The van der Waals surface area contributed by atoms with Gasteiger partial charge in [-0.3, -0.25) is 4.79 Å². The molecular formula is C25H21ClF3N5O2. The Morgan fingerprint density at radius 1 is 1.17 bits per heavy atom. The normalized spacial score (nSPS) is 12.3. The van der Waals surface area contributed by atoms with Crippen molar-refractivity contribution in [3.63, 3.8) is 0 Å². The number of carbonyl (C=O) groups is 1. The third kappa shape index (κ3) is 5.67. The van der Waals surface area contributed by atoms with Crippen LogP contribution in [0.4, 0.5) is 24.8 Å². The van der Waals surface area contributed by atoms with Crippen molar-refractivity contribution in [2.24, 2.45) is 0 Å². The number of halogens is 4. The summed E-state index contributed by atoms with van der Waals surface area (Å²) in [6, 6.07) is 12.1. The van der Waals surface area contributed by atoms with Crippen LogP contribution in [0.25, 0.3) is 11.3 Å². The van der Waals surface area contributed by atoms with E-state index in [1.807, 2.05) is 13.0 Å². The molecule has 0 saturated heterocycles. The zero-order valence-electron chi connectivity index (χ0n) is 18.9. The topological polar surface area (TPSA) is 103 Å². The number of carbonyl (C=O) groups excluding carboxylic acids is 1. The fourth-order valence-electron chi connectivity index (χ4n) is 3.54. The number of hydrogen-bond acceptors (Lipinski definition) is 5. The number of alkyl halides is 3. The van der Waals surface area contributed by atoms with E-state index in [1.54, 1.807) is 36.7 Å². The number of aryl methyl sites for hydroxylation is 1. The van der Waals surface area contributed by atoms with Crippen LogP contribution < -0.4 is 10.6 Å². The highest BCUT2D eigenvalue weighted by Crippen LogP contribution is 2.31. The molecule has 11 heteroatoms. The molecule has 186 valence electrons. The van der Waals surface area contributed by atoms with Crippen LogP contribution in [0.15, 0.2) is 67.0 Å². The van der Waals surface area contributed by atoms with Gasteiger partial charge in [-0.1, -0.05) is 35.9 Å². The second-order valence-electron chi connectivity index (χ2n) is 7.96. The maximum atomic E-state index is 13.1. The number of hydrogen-bond donors (Lipinski definition) is 4. The Hall–Kier alpha value is -3.89. The Morgan fingerprint density at radius 2 is 1.94 bits per heavy atom. The van der Waals surface area contributed by atoms with Crippen molar-refractivity contribution in [3.8, 4) is 11.3 Å². The van der Waals surface area contributed by atoms with Gasteiger partial charge in [0.1, 0.15) is 5.69 Å². The smallest absolute Gasteiger partial charge is 0.394 e. The second-order valence-corrected chi connectivity index (χ2v) is 8.37. The number of nitrogens with zero attached hydrogens (tertiary/aromatic N) is 2. The summed E-state index contributed by atoms with van der Waals surface area (Å²) in [4.78, 5) is 24.5. The Kier molecular flexibility index (Phi) is 7.27. The number of anilines is 2. The van der Waals surface area contributed by atoms with Crippen molar-refractivity contribution in [2.75, 3.05) is 11.9 Å². The fraction of sp³-hybridized carbons (Fsp3) is 0.160.